The van der Waals surface area contributed by atoms with Gasteiger partial charge in [-0.1, -0.05) is 31.9 Å². The van der Waals surface area contributed by atoms with E-state index in [2.05, 4.69) is 5.32 Å². The third-order valence-electron chi connectivity index (χ3n) is 5.67. The third kappa shape index (κ3) is 3.43. The highest BCUT2D eigenvalue weighted by Gasteiger charge is 2.54. The summed E-state index contributed by atoms with van der Waals surface area (Å²) >= 11 is 0. The van der Waals surface area contributed by atoms with Crippen LogP contribution in [0.15, 0.2) is 18.2 Å². The molecule has 3 atom stereocenters. The molecule has 142 valence electrons. The predicted molar refractivity (Wildman–Crippen MR) is 98.0 cm³/mol. The second kappa shape index (κ2) is 7.27. The number of aliphatic hydroxyl groups excluding tert-OH is 1. The molecule has 1 spiro atoms. The Bertz CT molecular complexity index is 705. The average molecular weight is 360 g/mol. The fraction of sp³-hybridized carbons (Fsp3) is 0.600. The summed E-state index contributed by atoms with van der Waals surface area (Å²) in [5.74, 6) is 0.611. The fourth-order valence-corrected chi connectivity index (χ4v) is 3.97. The van der Waals surface area contributed by atoms with Crippen LogP contribution in [-0.4, -0.2) is 46.7 Å². The van der Waals surface area contributed by atoms with E-state index in [0.29, 0.717) is 12.2 Å². The number of nitrogens with one attached hydrogen (secondary N) is 1. The first-order chi connectivity index (χ1) is 12.3. The van der Waals surface area contributed by atoms with Crippen molar-refractivity contribution < 1.29 is 19.4 Å². The van der Waals surface area contributed by atoms with Crippen LogP contribution < -0.4 is 10.1 Å². The van der Waals surface area contributed by atoms with Gasteiger partial charge in [0.05, 0.1) is 6.54 Å². The first-order valence-electron chi connectivity index (χ1n) is 9.36. The Labute approximate surface area is 154 Å². The second-order valence-corrected chi connectivity index (χ2v) is 7.70. The van der Waals surface area contributed by atoms with Crippen LogP contribution in [0.4, 0.5) is 4.79 Å². The molecule has 2 aliphatic rings. The molecule has 6 nitrogen and oxygen atoms in total. The van der Waals surface area contributed by atoms with E-state index in [9.17, 15) is 14.7 Å². The van der Waals surface area contributed by atoms with Crippen LogP contribution >= 0.6 is 0 Å². The molecule has 1 heterocycles. The summed E-state index contributed by atoms with van der Waals surface area (Å²) < 4.78 is 5.70. The van der Waals surface area contributed by atoms with Gasteiger partial charge >= 0.3 is 6.03 Å². The Kier molecular flexibility index (Phi) is 5.23. The summed E-state index contributed by atoms with van der Waals surface area (Å²) in [6, 6.07) is 5.46. The summed E-state index contributed by atoms with van der Waals surface area (Å²) in [4.78, 5) is 26.4. The monoisotopic (exact) mass is 360 g/mol. The molecule has 1 aromatic carbocycles. The van der Waals surface area contributed by atoms with Crippen LogP contribution in [0.3, 0.4) is 0 Å². The molecule has 3 unspecified atom stereocenters. The molecule has 3 amide bonds. The van der Waals surface area contributed by atoms with E-state index in [1.807, 2.05) is 39.0 Å². The van der Waals surface area contributed by atoms with E-state index in [0.717, 1.165) is 35.3 Å². The molecule has 26 heavy (non-hydrogen) atoms. The van der Waals surface area contributed by atoms with Gasteiger partial charge in [-0.2, -0.15) is 0 Å². The smallest absolute Gasteiger partial charge is 0.325 e. The zero-order valence-electron chi connectivity index (χ0n) is 15.7. The van der Waals surface area contributed by atoms with E-state index in [1.165, 1.54) is 0 Å². The summed E-state index contributed by atoms with van der Waals surface area (Å²) in [5, 5.41) is 13.2. The number of benzene rings is 1. The number of β-amino-alcohol motifs (C(OH)–C–C–N with tert-alkyl or cyclic N) is 1. The Balaban J connectivity index is 1.62. The quantitative estimate of drug-likeness (QED) is 0.791. The normalized spacial score (nSPS) is 26.9. The molecule has 2 N–H and O–H groups in total. The number of rotatable bonds is 5. The highest BCUT2D eigenvalue weighted by Crippen LogP contribution is 2.38. The molecule has 1 saturated heterocycles. The molecular formula is C20H28N2O4. The van der Waals surface area contributed by atoms with Crippen molar-refractivity contribution in [3.63, 3.8) is 0 Å². The number of aliphatic hydroxyl groups is 1. The van der Waals surface area contributed by atoms with Crippen molar-refractivity contribution in [1.82, 2.24) is 10.2 Å². The molecule has 0 radical (unpaired) electrons. The largest absolute Gasteiger partial charge is 0.491 e. The van der Waals surface area contributed by atoms with Crippen molar-refractivity contribution in [3.05, 3.63) is 29.3 Å². The second-order valence-electron chi connectivity index (χ2n) is 7.70. The minimum atomic E-state index is -0.932. The predicted octanol–water partition coefficient (Wildman–Crippen LogP) is 2.54. The van der Waals surface area contributed by atoms with Crippen LogP contribution in [0.2, 0.25) is 0 Å². The molecule has 1 aliphatic carbocycles. The number of aryl methyl sites for hydroxylation is 2. The van der Waals surface area contributed by atoms with Gasteiger partial charge in [-0.15, -0.1) is 0 Å². The molecular weight excluding hydrogens is 332 g/mol. The van der Waals surface area contributed by atoms with Crippen molar-refractivity contribution in [1.29, 1.82) is 0 Å². The molecule has 1 aromatic rings. The Hall–Kier alpha value is -2.08. The van der Waals surface area contributed by atoms with Crippen LogP contribution in [-0.2, 0) is 4.79 Å². The number of carbonyl (C=O) groups is 2. The maximum absolute atomic E-state index is 12.9. The number of ether oxygens (including phenoxy) is 1. The maximum atomic E-state index is 12.9. The lowest BCUT2D eigenvalue weighted by molar-refractivity contribution is -0.135. The molecule has 0 bridgehead atoms. The molecule has 2 fully saturated rings. The summed E-state index contributed by atoms with van der Waals surface area (Å²) in [5.41, 5.74) is 1.26. The number of carbonyl (C=O) groups excluding carboxylic acids is 2. The molecule has 3 rings (SSSR count). The highest BCUT2D eigenvalue weighted by molar-refractivity contribution is 6.07. The first-order valence-corrected chi connectivity index (χ1v) is 9.36. The number of amides is 3. The lowest BCUT2D eigenvalue weighted by Crippen LogP contribution is -2.54. The van der Waals surface area contributed by atoms with E-state index in [4.69, 9.17) is 4.74 Å². The van der Waals surface area contributed by atoms with Crippen molar-refractivity contribution in [2.75, 3.05) is 13.2 Å². The van der Waals surface area contributed by atoms with Gasteiger partial charge in [0.15, 0.2) is 0 Å². The average Bonchev–Trinajstić information content (AvgIpc) is 2.83. The third-order valence-corrected chi connectivity index (χ3v) is 5.67. The molecule has 1 aliphatic heterocycles. The number of nitrogens with zero attached hydrogens (tertiary/aromatic N) is 1. The Morgan fingerprint density at radius 3 is 2.85 bits per heavy atom. The van der Waals surface area contributed by atoms with Crippen molar-refractivity contribution in [2.45, 2.75) is 58.1 Å². The molecule has 1 saturated carbocycles. The van der Waals surface area contributed by atoms with Gasteiger partial charge in [-0.3, -0.25) is 9.69 Å². The van der Waals surface area contributed by atoms with E-state index >= 15 is 0 Å². The number of imide groups is 1. The number of hydrogen-bond donors (Lipinski definition) is 2. The Morgan fingerprint density at radius 1 is 1.35 bits per heavy atom. The SMILES string of the molecule is Cc1ccc(C)c(OCC(O)CN2C(=O)NC3(CCCCC3C)C2=O)c1. The summed E-state index contributed by atoms with van der Waals surface area (Å²) in [6.07, 6.45) is 2.68. The van der Waals surface area contributed by atoms with Gasteiger partial charge in [0.25, 0.3) is 5.91 Å². The maximum Gasteiger partial charge on any atom is 0.325 e. The van der Waals surface area contributed by atoms with Crippen molar-refractivity contribution in [2.24, 2.45) is 5.92 Å². The van der Waals surface area contributed by atoms with Crippen LogP contribution in [0, 0.1) is 19.8 Å². The van der Waals surface area contributed by atoms with Gasteiger partial charge in [-0.25, -0.2) is 4.79 Å². The highest BCUT2D eigenvalue weighted by atomic mass is 16.5. The van der Waals surface area contributed by atoms with E-state index < -0.39 is 17.7 Å². The minimum absolute atomic E-state index is 0.0317. The van der Waals surface area contributed by atoms with Crippen LogP contribution in [0.5, 0.6) is 5.75 Å². The van der Waals surface area contributed by atoms with Crippen molar-refractivity contribution >= 4 is 11.9 Å². The minimum Gasteiger partial charge on any atom is -0.491 e. The number of hydrogen-bond acceptors (Lipinski definition) is 4. The zero-order valence-corrected chi connectivity index (χ0v) is 15.7. The fourth-order valence-electron chi connectivity index (χ4n) is 3.97. The summed E-state index contributed by atoms with van der Waals surface area (Å²) in [6.45, 7) is 5.91. The number of urea groups is 1. The standard InChI is InChI=1S/C20H28N2O4/c1-13-7-8-14(2)17(10-13)26-12-16(23)11-22-18(24)20(21-19(22)25)9-5-4-6-15(20)3/h7-8,10,15-16,23H,4-6,9,11-12H2,1-3H3,(H,21,25). The van der Waals surface area contributed by atoms with Crippen molar-refractivity contribution in [3.8, 4) is 5.75 Å². The lowest BCUT2D eigenvalue weighted by Gasteiger charge is -2.36. The van der Waals surface area contributed by atoms with Crippen LogP contribution in [0.25, 0.3) is 0 Å². The van der Waals surface area contributed by atoms with Gasteiger partial charge in [0.1, 0.15) is 24.0 Å². The Morgan fingerprint density at radius 2 is 2.12 bits per heavy atom. The van der Waals surface area contributed by atoms with Crippen LogP contribution in [0.1, 0.15) is 43.7 Å². The lowest BCUT2D eigenvalue weighted by atomic mass is 9.73. The zero-order chi connectivity index (χ0) is 18.9. The van der Waals surface area contributed by atoms with E-state index in [1.54, 1.807) is 0 Å². The van der Waals surface area contributed by atoms with Gasteiger partial charge in [0, 0.05) is 0 Å². The van der Waals surface area contributed by atoms with Gasteiger partial charge in [-0.05, 0) is 49.8 Å². The molecule has 6 heteroatoms. The topological polar surface area (TPSA) is 78.9 Å². The molecule has 0 aromatic heterocycles. The van der Waals surface area contributed by atoms with E-state index in [-0.39, 0.29) is 25.0 Å². The van der Waals surface area contributed by atoms with Gasteiger partial charge in [0.2, 0.25) is 0 Å². The summed E-state index contributed by atoms with van der Waals surface area (Å²) in [7, 11) is 0. The van der Waals surface area contributed by atoms with Gasteiger partial charge < -0.3 is 15.2 Å². The first kappa shape index (κ1) is 18.7.